The van der Waals surface area contributed by atoms with E-state index in [-0.39, 0.29) is 17.7 Å². The molecule has 1 aliphatic rings. The summed E-state index contributed by atoms with van der Waals surface area (Å²) < 4.78 is 38.1. The standard InChI is InChI=1S/C24H33N3O5S/c1-4-15-33(29,30)27-14-6-5-7-21(27)24(28)26-18(2)20-8-9-22(23(16-20)31-3)32-17-19-10-12-25-13-11-19/h8-13,16,18,21H,4-7,14-15,17H2,1-3H3,(H,26,28). The van der Waals surface area contributed by atoms with Crippen LogP contribution in [0.5, 0.6) is 11.5 Å². The molecular formula is C24H33N3O5S. The molecule has 0 spiro atoms. The van der Waals surface area contributed by atoms with Gasteiger partial charge in [-0.3, -0.25) is 9.78 Å². The van der Waals surface area contributed by atoms with Gasteiger partial charge in [0.2, 0.25) is 15.9 Å². The molecule has 0 radical (unpaired) electrons. The first kappa shape index (κ1) is 25.0. The van der Waals surface area contributed by atoms with E-state index in [2.05, 4.69) is 10.3 Å². The zero-order valence-corrected chi connectivity index (χ0v) is 20.3. The third-order valence-corrected chi connectivity index (χ3v) is 7.84. The van der Waals surface area contributed by atoms with Gasteiger partial charge >= 0.3 is 0 Å². The second kappa shape index (κ2) is 11.5. The van der Waals surface area contributed by atoms with E-state index in [1.807, 2.05) is 44.2 Å². The Kier molecular flexibility index (Phi) is 8.68. The second-order valence-corrected chi connectivity index (χ2v) is 10.3. The van der Waals surface area contributed by atoms with Crippen LogP contribution in [0.4, 0.5) is 0 Å². The van der Waals surface area contributed by atoms with E-state index in [1.165, 1.54) is 4.31 Å². The molecule has 1 aliphatic heterocycles. The van der Waals surface area contributed by atoms with Gasteiger partial charge in [-0.1, -0.05) is 19.4 Å². The lowest BCUT2D eigenvalue weighted by molar-refractivity contribution is -0.126. The van der Waals surface area contributed by atoms with Crippen LogP contribution in [0, 0.1) is 0 Å². The molecule has 1 aromatic carbocycles. The Morgan fingerprint density at radius 1 is 1.21 bits per heavy atom. The van der Waals surface area contributed by atoms with Gasteiger partial charge in [0, 0.05) is 18.9 Å². The van der Waals surface area contributed by atoms with E-state index in [9.17, 15) is 13.2 Å². The monoisotopic (exact) mass is 475 g/mol. The second-order valence-electron chi connectivity index (χ2n) is 8.22. The van der Waals surface area contributed by atoms with Crippen LogP contribution in [-0.4, -0.2) is 49.1 Å². The lowest BCUT2D eigenvalue weighted by Crippen LogP contribution is -2.52. The molecule has 2 unspecified atom stereocenters. The van der Waals surface area contributed by atoms with Crippen molar-refractivity contribution < 1.29 is 22.7 Å². The number of benzene rings is 1. The molecule has 8 nitrogen and oxygen atoms in total. The van der Waals surface area contributed by atoms with Crippen molar-refractivity contribution in [3.63, 3.8) is 0 Å². The first-order valence-corrected chi connectivity index (χ1v) is 13.0. The fourth-order valence-corrected chi connectivity index (χ4v) is 5.73. The Hall–Kier alpha value is -2.65. The van der Waals surface area contributed by atoms with Crippen molar-refractivity contribution >= 4 is 15.9 Å². The molecule has 33 heavy (non-hydrogen) atoms. The molecule has 1 fully saturated rings. The number of hydrogen-bond acceptors (Lipinski definition) is 6. The van der Waals surface area contributed by atoms with Gasteiger partial charge in [0.15, 0.2) is 11.5 Å². The summed E-state index contributed by atoms with van der Waals surface area (Å²) in [5, 5.41) is 2.99. The van der Waals surface area contributed by atoms with Crippen LogP contribution in [0.1, 0.15) is 56.7 Å². The number of rotatable bonds is 10. The number of aromatic nitrogens is 1. The highest BCUT2D eigenvalue weighted by Crippen LogP contribution is 2.31. The maximum Gasteiger partial charge on any atom is 0.238 e. The number of hydrogen-bond donors (Lipinski definition) is 1. The van der Waals surface area contributed by atoms with Crippen LogP contribution >= 0.6 is 0 Å². The molecular weight excluding hydrogens is 442 g/mol. The Morgan fingerprint density at radius 2 is 1.97 bits per heavy atom. The average molecular weight is 476 g/mol. The average Bonchev–Trinajstić information content (AvgIpc) is 2.83. The van der Waals surface area contributed by atoms with E-state index < -0.39 is 16.1 Å². The maximum atomic E-state index is 13.0. The molecule has 1 saturated heterocycles. The number of methoxy groups -OCH3 is 1. The Labute approximate surface area is 196 Å². The Morgan fingerprint density at radius 3 is 2.67 bits per heavy atom. The predicted molar refractivity (Wildman–Crippen MR) is 127 cm³/mol. The van der Waals surface area contributed by atoms with Gasteiger partial charge in [-0.2, -0.15) is 4.31 Å². The summed E-state index contributed by atoms with van der Waals surface area (Å²) in [5.74, 6) is 0.955. The third kappa shape index (κ3) is 6.45. The molecule has 2 atom stereocenters. The highest BCUT2D eigenvalue weighted by atomic mass is 32.2. The summed E-state index contributed by atoms with van der Waals surface area (Å²) in [6.07, 6.45) is 6.10. The maximum absolute atomic E-state index is 13.0. The third-order valence-electron chi connectivity index (χ3n) is 5.77. The van der Waals surface area contributed by atoms with Gasteiger partial charge in [0.05, 0.1) is 18.9 Å². The number of ether oxygens (including phenoxy) is 2. The molecule has 1 aromatic heterocycles. The van der Waals surface area contributed by atoms with Crippen LogP contribution in [0.15, 0.2) is 42.7 Å². The van der Waals surface area contributed by atoms with Crippen molar-refractivity contribution in [1.29, 1.82) is 0 Å². The van der Waals surface area contributed by atoms with Crippen LogP contribution in [0.2, 0.25) is 0 Å². The topological polar surface area (TPSA) is 97.8 Å². The molecule has 0 saturated carbocycles. The predicted octanol–water partition coefficient (Wildman–Crippen LogP) is 3.44. The molecule has 2 aromatic rings. The number of carbonyl (C=O) groups excluding carboxylic acids is 1. The van der Waals surface area contributed by atoms with Crippen LogP contribution in [-0.2, 0) is 21.4 Å². The minimum absolute atomic E-state index is 0.0600. The van der Waals surface area contributed by atoms with Crippen molar-refractivity contribution in [2.24, 2.45) is 0 Å². The molecule has 180 valence electrons. The number of nitrogens with one attached hydrogen (secondary N) is 1. The van der Waals surface area contributed by atoms with Crippen molar-refractivity contribution in [1.82, 2.24) is 14.6 Å². The molecule has 3 rings (SSSR count). The first-order valence-electron chi connectivity index (χ1n) is 11.3. The Balaban J connectivity index is 1.68. The SMILES string of the molecule is CCCS(=O)(=O)N1CCCCC1C(=O)NC(C)c1ccc(OCc2ccncc2)c(OC)c1. The van der Waals surface area contributed by atoms with Crippen LogP contribution in [0.3, 0.4) is 0 Å². The zero-order valence-electron chi connectivity index (χ0n) is 19.5. The van der Waals surface area contributed by atoms with E-state index in [0.717, 1.165) is 24.0 Å². The van der Waals surface area contributed by atoms with Gasteiger partial charge in [0.25, 0.3) is 0 Å². The molecule has 2 heterocycles. The van der Waals surface area contributed by atoms with Crippen LogP contribution in [0.25, 0.3) is 0 Å². The zero-order chi connectivity index (χ0) is 23.8. The fraction of sp³-hybridized carbons (Fsp3) is 0.500. The number of piperidine rings is 1. The number of nitrogens with zero attached hydrogens (tertiary/aromatic N) is 2. The van der Waals surface area contributed by atoms with Crippen molar-refractivity contribution in [3.05, 3.63) is 53.9 Å². The number of amides is 1. The quantitative estimate of drug-likeness (QED) is 0.565. The van der Waals surface area contributed by atoms with Gasteiger partial charge in [-0.05, 0) is 61.6 Å². The van der Waals surface area contributed by atoms with Crippen LogP contribution < -0.4 is 14.8 Å². The van der Waals surface area contributed by atoms with Gasteiger partial charge in [-0.15, -0.1) is 0 Å². The lowest BCUT2D eigenvalue weighted by Gasteiger charge is -2.34. The van der Waals surface area contributed by atoms with Gasteiger partial charge in [0.1, 0.15) is 12.6 Å². The molecule has 1 N–H and O–H groups in total. The van der Waals surface area contributed by atoms with Gasteiger partial charge < -0.3 is 14.8 Å². The highest BCUT2D eigenvalue weighted by Gasteiger charge is 2.36. The Bertz CT molecular complexity index is 1030. The van der Waals surface area contributed by atoms with Crippen molar-refractivity contribution in [2.75, 3.05) is 19.4 Å². The van der Waals surface area contributed by atoms with E-state index >= 15 is 0 Å². The molecule has 9 heteroatoms. The van der Waals surface area contributed by atoms with E-state index in [1.54, 1.807) is 19.5 Å². The minimum atomic E-state index is -3.44. The van der Waals surface area contributed by atoms with Crippen molar-refractivity contribution in [2.45, 2.75) is 58.2 Å². The largest absolute Gasteiger partial charge is 0.493 e. The summed E-state index contributed by atoms with van der Waals surface area (Å²) in [6, 6.07) is 8.31. The first-order chi connectivity index (χ1) is 15.9. The smallest absolute Gasteiger partial charge is 0.238 e. The highest BCUT2D eigenvalue weighted by molar-refractivity contribution is 7.89. The lowest BCUT2D eigenvalue weighted by atomic mass is 10.0. The molecule has 0 aliphatic carbocycles. The minimum Gasteiger partial charge on any atom is -0.493 e. The van der Waals surface area contributed by atoms with Gasteiger partial charge in [-0.25, -0.2) is 8.42 Å². The summed E-state index contributed by atoms with van der Waals surface area (Å²) >= 11 is 0. The van der Waals surface area contributed by atoms with Crippen molar-refractivity contribution in [3.8, 4) is 11.5 Å². The van der Waals surface area contributed by atoms with E-state index in [4.69, 9.17) is 9.47 Å². The number of carbonyl (C=O) groups is 1. The summed E-state index contributed by atoms with van der Waals surface area (Å²) in [4.78, 5) is 17.0. The van der Waals surface area contributed by atoms with E-state index in [0.29, 0.717) is 37.5 Å². The summed E-state index contributed by atoms with van der Waals surface area (Å²) in [7, 11) is -1.87. The normalized spacial score (nSPS) is 17.8. The number of sulfonamides is 1. The molecule has 1 amide bonds. The molecule has 0 bridgehead atoms. The summed E-state index contributed by atoms with van der Waals surface area (Å²) in [5.41, 5.74) is 1.84. The number of pyridine rings is 1. The fourth-order valence-electron chi connectivity index (χ4n) is 3.98. The summed E-state index contributed by atoms with van der Waals surface area (Å²) in [6.45, 7) is 4.48.